The molecule has 0 saturated carbocycles. The van der Waals surface area contributed by atoms with Gasteiger partial charge in [-0.15, -0.1) is 0 Å². The van der Waals surface area contributed by atoms with Crippen LogP contribution in [0.2, 0.25) is 0 Å². The number of halogens is 1. The lowest BCUT2D eigenvalue weighted by Gasteiger charge is -2.14. The van der Waals surface area contributed by atoms with Gasteiger partial charge >= 0.3 is 0 Å². The van der Waals surface area contributed by atoms with E-state index in [0.29, 0.717) is 6.42 Å². The molecule has 0 fully saturated rings. The Morgan fingerprint density at radius 2 is 2.17 bits per heavy atom. The summed E-state index contributed by atoms with van der Waals surface area (Å²) in [6, 6.07) is 7.65. The predicted octanol–water partition coefficient (Wildman–Crippen LogP) is 2.49. The number of benzene rings is 1. The fraction of sp³-hybridized carbons (Fsp3) is 0.231. The van der Waals surface area contributed by atoms with Crippen molar-refractivity contribution in [2.24, 2.45) is 5.73 Å². The summed E-state index contributed by atoms with van der Waals surface area (Å²) < 4.78 is 6.35. The van der Waals surface area contributed by atoms with Crippen LogP contribution in [0.25, 0.3) is 0 Å². The van der Waals surface area contributed by atoms with Crippen LogP contribution < -0.4 is 10.5 Å². The third-order valence-electron chi connectivity index (χ3n) is 2.72. The second-order valence-corrected chi connectivity index (χ2v) is 4.86. The molecule has 1 heterocycles. The van der Waals surface area contributed by atoms with Gasteiger partial charge in [-0.05, 0) is 41.8 Å². The first-order chi connectivity index (χ1) is 8.70. The number of hydrogen-bond acceptors (Lipinski definition) is 4. The van der Waals surface area contributed by atoms with Crippen molar-refractivity contribution in [2.45, 2.75) is 12.5 Å². The van der Waals surface area contributed by atoms with Crippen molar-refractivity contribution in [1.29, 1.82) is 0 Å². The first kappa shape index (κ1) is 13.0. The topological polar surface area (TPSA) is 61.0 Å². The fourth-order valence-corrected chi connectivity index (χ4v) is 2.19. The van der Waals surface area contributed by atoms with Crippen LogP contribution in [0.15, 0.2) is 41.1 Å². The minimum absolute atomic E-state index is 0.122. The first-order valence-electron chi connectivity index (χ1n) is 5.55. The fourth-order valence-electron chi connectivity index (χ4n) is 1.78. The smallest absolute Gasteiger partial charge is 0.122 e. The van der Waals surface area contributed by atoms with E-state index in [1.54, 1.807) is 19.5 Å². The minimum atomic E-state index is -0.122. The molecule has 2 rings (SSSR count). The van der Waals surface area contributed by atoms with Gasteiger partial charge in [-0.1, -0.05) is 15.9 Å². The van der Waals surface area contributed by atoms with Gasteiger partial charge in [0.15, 0.2) is 0 Å². The summed E-state index contributed by atoms with van der Waals surface area (Å²) in [5.74, 6) is 0.843. The molecule has 94 valence electrons. The largest absolute Gasteiger partial charge is 0.496 e. The Hall–Kier alpha value is -1.46. The number of rotatable bonds is 4. The van der Waals surface area contributed by atoms with Crippen molar-refractivity contribution in [1.82, 2.24) is 10.2 Å². The summed E-state index contributed by atoms with van der Waals surface area (Å²) in [7, 11) is 1.66. The molecule has 1 unspecified atom stereocenters. The molecule has 1 aromatic heterocycles. The summed E-state index contributed by atoms with van der Waals surface area (Å²) in [5, 5.41) is 7.58. The van der Waals surface area contributed by atoms with Gasteiger partial charge in [-0.2, -0.15) is 10.2 Å². The van der Waals surface area contributed by atoms with Crippen molar-refractivity contribution in [3.63, 3.8) is 0 Å². The van der Waals surface area contributed by atoms with E-state index in [1.807, 2.05) is 24.3 Å². The average molecular weight is 308 g/mol. The molecule has 2 N–H and O–H groups in total. The normalized spacial score (nSPS) is 12.2. The Kier molecular flexibility index (Phi) is 4.28. The minimum Gasteiger partial charge on any atom is -0.496 e. The first-order valence-corrected chi connectivity index (χ1v) is 6.34. The van der Waals surface area contributed by atoms with Crippen molar-refractivity contribution < 1.29 is 4.74 Å². The van der Waals surface area contributed by atoms with E-state index in [-0.39, 0.29) is 6.04 Å². The van der Waals surface area contributed by atoms with E-state index >= 15 is 0 Å². The Balaban J connectivity index is 2.21. The Bertz CT molecular complexity index is 519. The maximum atomic E-state index is 6.16. The molecule has 0 amide bonds. The van der Waals surface area contributed by atoms with Crippen LogP contribution in [0, 0.1) is 0 Å². The molecule has 0 radical (unpaired) electrons. The third kappa shape index (κ3) is 3.05. The second-order valence-electron chi connectivity index (χ2n) is 3.94. The van der Waals surface area contributed by atoms with Crippen molar-refractivity contribution in [3.05, 3.63) is 52.3 Å². The van der Waals surface area contributed by atoms with Gasteiger partial charge in [0.05, 0.1) is 13.3 Å². The lowest BCUT2D eigenvalue weighted by atomic mass is 10.0. The summed E-state index contributed by atoms with van der Waals surface area (Å²) in [6.07, 6.45) is 4.02. The number of methoxy groups -OCH3 is 1. The molecule has 5 heteroatoms. The monoisotopic (exact) mass is 307 g/mol. The zero-order valence-corrected chi connectivity index (χ0v) is 11.6. The molecule has 0 saturated heterocycles. The third-order valence-corrected chi connectivity index (χ3v) is 3.21. The van der Waals surface area contributed by atoms with Gasteiger partial charge in [0.1, 0.15) is 5.75 Å². The molecule has 0 bridgehead atoms. The highest BCUT2D eigenvalue weighted by Gasteiger charge is 2.11. The van der Waals surface area contributed by atoms with Gasteiger partial charge in [0.2, 0.25) is 0 Å². The summed E-state index contributed by atoms with van der Waals surface area (Å²) in [4.78, 5) is 0. The molecule has 0 aliphatic rings. The predicted molar refractivity (Wildman–Crippen MR) is 73.4 cm³/mol. The van der Waals surface area contributed by atoms with Gasteiger partial charge in [0.25, 0.3) is 0 Å². The Morgan fingerprint density at radius 3 is 2.83 bits per heavy atom. The van der Waals surface area contributed by atoms with Gasteiger partial charge in [0, 0.05) is 16.7 Å². The van der Waals surface area contributed by atoms with E-state index in [9.17, 15) is 0 Å². The SMILES string of the molecule is COc1ccc(Br)cc1CC(N)c1ccnnc1. The standard InChI is InChI=1S/C13H14BrN3O/c1-18-13-3-2-11(14)6-10(13)7-12(15)9-4-5-16-17-8-9/h2-6,8,12H,7,15H2,1H3. The zero-order chi connectivity index (χ0) is 13.0. The number of hydrogen-bond donors (Lipinski definition) is 1. The molecule has 18 heavy (non-hydrogen) atoms. The molecular weight excluding hydrogens is 294 g/mol. The number of nitrogens with zero attached hydrogens (tertiary/aromatic N) is 2. The quantitative estimate of drug-likeness (QED) is 0.942. The highest BCUT2D eigenvalue weighted by Crippen LogP contribution is 2.26. The van der Waals surface area contributed by atoms with Crippen LogP contribution in [0.3, 0.4) is 0 Å². The molecular formula is C13H14BrN3O. The summed E-state index contributed by atoms with van der Waals surface area (Å²) >= 11 is 3.45. The van der Waals surface area contributed by atoms with Crippen molar-refractivity contribution >= 4 is 15.9 Å². The van der Waals surface area contributed by atoms with E-state index < -0.39 is 0 Å². The Labute approximate surface area is 114 Å². The molecule has 0 aliphatic carbocycles. The number of nitrogens with two attached hydrogens (primary N) is 1. The van der Waals surface area contributed by atoms with E-state index in [2.05, 4.69) is 26.1 Å². The maximum absolute atomic E-state index is 6.16. The Morgan fingerprint density at radius 1 is 1.33 bits per heavy atom. The second kappa shape index (κ2) is 5.93. The highest BCUT2D eigenvalue weighted by atomic mass is 79.9. The van der Waals surface area contributed by atoms with E-state index in [1.165, 1.54) is 0 Å². The highest BCUT2D eigenvalue weighted by molar-refractivity contribution is 9.10. The van der Waals surface area contributed by atoms with Crippen LogP contribution in [0.1, 0.15) is 17.2 Å². The molecule has 4 nitrogen and oxygen atoms in total. The van der Waals surface area contributed by atoms with Crippen LogP contribution in [0.5, 0.6) is 5.75 Å². The van der Waals surface area contributed by atoms with E-state index in [4.69, 9.17) is 10.5 Å². The zero-order valence-electron chi connectivity index (χ0n) is 10.0. The molecule has 2 aromatic rings. The molecule has 0 spiro atoms. The van der Waals surface area contributed by atoms with Crippen LogP contribution in [-0.2, 0) is 6.42 Å². The maximum Gasteiger partial charge on any atom is 0.122 e. The lowest BCUT2D eigenvalue weighted by molar-refractivity contribution is 0.408. The molecule has 0 aliphatic heterocycles. The van der Waals surface area contributed by atoms with Crippen LogP contribution in [0.4, 0.5) is 0 Å². The average Bonchev–Trinajstić information content (AvgIpc) is 2.40. The van der Waals surface area contributed by atoms with Crippen molar-refractivity contribution in [2.75, 3.05) is 7.11 Å². The van der Waals surface area contributed by atoms with Crippen molar-refractivity contribution in [3.8, 4) is 5.75 Å². The molecule has 1 aromatic carbocycles. The van der Waals surface area contributed by atoms with Gasteiger partial charge in [-0.3, -0.25) is 0 Å². The van der Waals surface area contributed by atoms with Gasteiger partial charge in [-0.25, -0.2) is 0 Å². The van der Waals surface area contributed by atoms with Crippen LogP contribution >= 0.6 is 15.9 Å². The van der Waals surface area contributed by atoms with Crippen LogP contribution in [-0.4, -0.2) is 17.3 Å². The number of aromatic nitrogens is 2. The van der Waals surface area contributed by atoms with E-state index in [0.717, 1.165) is 21.3 Å². The summed E-state index contributed by atoms with van der Waals surface area (Å²) in [6.45, 7) is 0. The number of ether oxygens (including phenoxy) is 1. The summed E-state index contributed by atoms with van der Waals surface area (Å²) in [5.41, 5.74) is 8.19. The van der Waals surface area contributed by atoms with Gasteiger partial charge < -0.3 is 10.5 Å². The lowest BCUT2D eigenvalue weighted by Crippen LogP contribution is -2.14. The molecule has 1 atom stereocenters.